The van der Waals surface area contributed by atoms with Gasteiger partial charge < -0.3 is 10.4 Å². The second-order valence-electron chi connectivity index (χ2n) is 5.98. The van der Waals surface area contributed by atoms with Crippen LogP contribution < -0.4 is 5.32 Å². The van der Waals surface area contributed by atoms with Gasteiger partial charge in [0.25, 0.3) is 0 Å². The van der Waals surface area contributed by atoms with Gasteiger partial charge in [-0.3, -0.25) is 4.79 Å². The van der Waals surface area contributed by atoms with Crippen molar-refractivity contribution in [1.29, 1.82) is 0 Å². The number of amides is 1. The van der Waals surface area contributed by atoms with E-state index in [1.165, 1.54) is 0 Å². The number of carbonyl (C=O) groups is 1. The standard InChI is InChI=1S/C15H22BrNO2/c1-15(2,3)9-12(10-18)17-14(19)8-11-6-4-5-7-13(11)16/h4-7,12,18H,8-10H2,1-3H3,(H,17,19). The number of halogens is 1. The zero-order valence-corrected chi connectivity index (χ0v) is 13.3. The van der Waals surface area contributed by atoms with Crippen molar-refractivity contribution in [2.45, 2.75) is 39.7 Å². The normalized spacial score (nSPS) is 13.1. The molecular weight excluding hydrogens is 306 g/mol. The van der Waals surface area contributed by atoms with Crippen molar-refractivity contribution < 1.29 is 9.90 Å². The maximum absolute atomic E-state index is 12.0. The second kappa shape index (κ2) is 7.06. The molecule has 0 heterocycles. The van der Waals surface area contributed by atoms with Gasteiger partial charge in [0.2, 0.25) is 5.91 Å². The minimum Gasteiger partial charge on any atom is -0.394 e. The summed E-state index contributed by atoms with van der Waals surface area (Å²) in [5, 5.41) is 12.2. The Kier molecular flexibility index (Phi) is 6.01. The molecule has 0 radical (unpaired) electrons. The van der Waals surface area contributed by atoms with Gasteiger partial charge >= 0.3 is 0 Å². The van der Waals surface area contributed by atoms with Crippen LogP contribution in [-0.2, 0) is 11.2 Å². The Labute approximate surface area is 123 Å². The van der Waals surface area contributed by atoms with E-state index in [9.17, 15) is 9.90 Å². The highest BCUT2D eigenvalue weighted by atomic mass is 79.9. The molecule has 1 atom stereocenters. The summed E-state index contributed by atoms with van der Waals surface area (Å²) in [6, 6.07) is 7.48. The van der Waals surface area contributed by atoms with Crippen molar-refractivity contribution in [2.75, 3.05) is 6.61 Å². The van der Waals surface area contributed by atoms with Crippen LogP contribution in [0, 0.1) is 5.41 Å². The van der Waals surface area contributed by atoms with E-state index in [1.54, 1.807) is 0 Å². The maximum Gasteiger partial charge on any atom is 0.224 e. The molecule has 1 amide bonds. The largest absolute Gasteiger partial charge is 0.394 e. The number of rotatable bonds is 5. The number of benzene rings is 1. The number of hydrogen-bond donors (Lipinski definition) is 2. The number of hydrogen-bond acceptors (Lipinski definition) is 2. The molecule has 1 aromatic carbocycles. The molecule has 0 fully saturated rings. The van der Waals surface area contributed by atoms with Crippen LogP contribution in [-0.4, -0.2) is 23.7 Å². The van der Waals surface area contributed by atoms with E-state index >= 15 is 0 Å². The molecule has 4 heteroatoms. The van der Waals surface area contributed by atoms with Gasteiger partial charge in [0.1, 0.15) is 0 Å². The fourth-order valence-electron chi connectivity index (χ4n) is 1.99. The zero-order valence-electron chi connectivity index (χ0n) is 11.7. The summed E-state index contributed by atoms with van der Waals surface area (Å²) >= 11 is 3.43. The first-order valence-corrected chi connectivity index (χ1v) is 7.25. The summed E-state index contributed by atoms with van der Waals surface area (Å²) in [6.45, 7) is 6.25. The summed E-state index contributed by atoms with van der Waals surface area (Å²) in [6.07, 6.45) is 1.08. The fraction of sp³-hybridized carbons (Fsp3) is 0.533. The average Bonchev–Trinajstić information content (AvgIpc) is 2.29. The Hall–Kier alpha value is -0.870. The molecule has 0 aliphatic heterocycles. The molecule has 1 unspecified atom stereocenters. The summed E-state index contributed by atoms with van der Waals surface area (Å²) in [4.78, 5) is 12.0. The van der Waals surface area contributed by atoms with Crippen LogP contribution in [0.3, 0.4) is 0 Å². The van der Waals surface area contributed by atoms with Gasteiger partial charge in [0.15, 0.2) is 0 Å². The second-order valence-corrected chi connectivity index (χ2v) is 6.83. The van der Waals surface area contributed by atoms with Crippen molar-refractivity contribution in [1.82, 2.24) is 5.32 Å². The first kappa shape index (κ1) is 16.2. The van der Waals surface area contributed by atoms with Crippen LogP contribution in [0.1, 0.15) is 32.8 Å². The molecule has 0 aliphatic carbocycles. The van der Waals surface area contributed by atoms with Crippen LogP contribution in [0.2, 0.25) is 0 Å². The smallest absolute Gasteiger partial charge is 0.224 e. The van der Waals surface area contributed by atoms with E-state index in [0.29, 0.717) is 6.42 Å². The van der Waals surface area contributed by atoms with E-state index in [1.807, 2.05) is 24.3 Å². The first-order chi connectivity index (χ1) is 8.81. The number of aliphatic hydroxyl groups is 1. The van der Waals surface area contributed by atoms with Gasteiger partial charge in [-0.05, 0) is 23.5 Å². The lowest BCUT2D eigenvalue weighted by molar-refractivity contribution is -0.121. The van der Waals surface area contributed by atoms with Gasteiger partial charge in [-0.1, -0.05) is 54.9 Å². The Morgan fingerprint density at radius 2 is 2.00 bits per heavy atom. The van der Waals surface area contributed by atoms with E-state index < -0.39 is 0 Å². The lowest BCUT2D eigenvalue weighted by Gasteiger charge is -2.25. The Balaban J connectivity index is 2.57. The first-order valence-electron chi connectivity index (χ1n) is 6.45. The highest BCUT2D eigenvalue weighted by Gasteiger charge is 2.20. The van der Waals surface area contributed by atoms with Crippen molar-refractivity contribution in [3.63, 3.8) is 0 Å². The van der Waals surface area contributed by atoms with Gasteiger partial charge in [-0.15, -0.1) is 0 Å². The molecule has 0 aliphatic rings. The fourth-order valence-corrected chi connectivity index (χ4v) is 2.42. The highest BCUT2D eigenvalue weighted by Crippen LogP contribution is 2.21. The molecule has 1 rings (SSSR count). The molecule has 0 spiro atoms. The van der Waals surface area contributed by atoms with Crippen molar-refractivity contribution in [3.8, 4) is 0 Å². The average molecular weight is 328 g/mol. The molecular formula is C15H22BrNO2. The summed E-state index contributed by atoms with van der Waals surface area (Å²) < 4.78 is 0.932. The van der Waals surface area contributed by atoms with Crippen LogP contribution >= 0.6 is 15.9 Å². The Bertz CT molecular complexity index is 426. The molecule has 106 valence electrons. The molecule has 0 saturated heterocycles. The summed E-state index contributed by atoms with van der Waals surface area (Å²) in [5.74, 6) is -0.0600. The molecule has 0 saturated carbocycles. The highest BCUT2D eigenvalue weighted by molar-refractivity contribution is 9.10. The maximum atomic E-state index is 12.0. The molecule has 1 aromatic rings. The predicted molar refractivity (Wildman–Crippen MR) is 80.9 cm³/mol. The van der Waals surface area contributed by atoms with Crippen molar-refractivity contribution in [3.05, 3.63) is 34.3 Å². The number of nitrogens with one attached hydrogen (secondary N) is 1. The monoisotopic (exact) mass is 327 g/mol. The minimum absolute atomic E-state index is 0.0288. The van der Waals surface area contributed by atoms with Crippen LogP contribution in [0.25, 0.3) is 0 Å². The zero-order chi connectivity index (χ0) is 14.5. The minimum atomic E-state index is -0.185. The quantitative estimate of drug-likeness (QED) is 0.873. The third-order valence-corrected chi connectivity index (χ3v) is 3.53. The van der Waals surface area contributed by atoms with Crippen molar-refractivity contribution in [2.24, 2.45) is 5.41 Å². The van der Waals surface area contributed by atoms with Crippen LogP contribution in [0.4, 0.5) is 0 Å². The van der Waals surface area contributed by atoms with Gasteiger partial charge in [-0.2, -0.15) is 0 Å². The predicted octanol–water partition coefficient (Wildman–Crippen LogP) is 2.90. The lowest BCUT2D eigenvalue weighted by atomic mass is 9.88. The third-order valence-electron chi connectivity index (χ3n) is 2.75. The Morgan fingerprint density at radius 1 is 1.37 bits per heavy atom. The van der Waals surface area contributed by atoms with Crippen LogP contribution in [0.15, 0.2) is 28.7 Å². The van der Waals surface area contributed by atoms with E-state index in [0.717, 1.165) is 16.5 Å². The topological polar surface area (TPSA) is 49.3 Å². The van der Waals surface area contributed by atoms with Gasteiger partial charge in [0.05, 0.1) is 19.1 Å². The number of aliphatic hydroxyl groups excluding tert-OH is 1. The van der Waals surface area contributed by atoms with Gasteiger partial charge in [0, 0.05) is 4.47 Å². The lowest BCUT2D eigenvalue weighted by Crippen LogP contribution is -2.40. The molecule has 0 aromatic heterocycles. The molecule has 19 heavy (non-hydrogen) atoms. The molecule has 0 bridgehead atoms. The Morgan fingerprint density at radius 3 is 2.53 bits per heavy atom. The molecule has 3 nitrogen and oxygen atoms in total. The van der Waals surface area contributed by atoms with E-state index in [-0.39, 0.29) is 24.0 Å². The van der Waals surface area contributed by atoms with Crippen molar-refractivity contribution >= 4 is 21.8 Å². The SMILES string of the molecule is CC(C)(C)CC(CO)NC(=O)Cc1ccccc1Br. The molecule has 2 N–H and O–H groups in total. The van der Waals surface area contributed by atoms with Crippen LogP contribution in [0.5, 0.6) is 0 Å². The van der Waals surface area contributed by atoms with E-state index in [2.05, 4.69) is 42.0 Å². The van der Waals surface area contributed by atoms with Gasteiger partial charge in [-0.25, -0.2) is 0 Å². The number of carbonyl (C=O) groups excluding carboxylic acids is 1. The third kappa shape index (κ3) is 6.21. The summed E-state index contributed by atoms with van der Waals surface area (Å²) in [5.41, 5.74) is 1.03. The summed E-state index contributed by atoms with van der Waals surface area (Å²) in [7, 11) is 0. The van der Waals surface area contributed by atoms with E-state index in [4.69, 9.17) is 0 Å².